The van der Waals surface area contributed by atoms with Crippen molar-refractivity contribution in [3.63, 3.8) is 0 Å². The first-order chi connectivity index (χ1) is 30.3. The van der Waals surface area contributed by atoms with Gasteiger partial charge in [-0.1, -0.05) is 39.8 Å². The summed E-state index contributed by atoms with van der Waals surface area (Å²) in [5.41, 5.74) is 7.81. The lowest BCUT2D eigenvalue weighted by Gasteiger charge is -2.31. The number of alkyl halides is 1. The maximum atomic E-state index is 16.7. The molecule has 2 aromatic carbocycles. The number of aromatic nitrogens is 5. The number of alkyl carbamates (subject to hydrolysis) is 1. The van der Waals surface area contributed by atoms with Crippen LogP contribution in [-0.2, 0) is 27.4 Å². The summed E-state index contributed by atoms with van der Waals surface area (Å²) >= 11 is 0. The highest BCUT2D eigenvalue weighted by Crippen LogP contribution is 2.41. The number of aromatic amines is 2. The number of imidazole rings is 1. The molecule has 2 saturated heterocycles. The van der Waals surface area contributed by atoms with Gasteiger partial charge in [0.2, 0.25) is 5.91 Å². The lowest BCUT2D eigenvalue weighted by molar-refractivity contribution is -0.135. The molecule has 2 amide bonds. The second kappa shape index (κ2) is 21.6. The molecule has 5 heterocycles. The Labute approximate surface area is 372 Å². The minimum atomic E-state index is -1.26. The van der Waals surface area contributed by atoms with Crippen molar-refractivity contribution >= 4 is 42.1 Å². The Bertz CT molecular complexity index is 2330. The summed E-state index contributed by atoms with van der Waals surface area (Å²) in [5.74, 6) is -0.311. The molecule has 0 bridgehead atoms. The van der Waals surface area contributed by atoms with Crippen molar-refractivity contribution in [3.8, 4) is 33.8 Å². The van der Waals surface area contributed by atoms with E-state index in [1.165, 1.54) is 12.0 Å². The second-order valence-electron chi connectivity index (χ2n) is 16.5. The number of aliphatic hydroxyl groups is 1. The number of hydrogen-bond donors (Lipinski definition) is 6. The Kier molecular flexibility index (Phi) is 16.6. The number of hydrogen-bond acceptors (Lipinski definition) is 10. The Morgan fingerprint density at radius 2 is 1.79 bits per heavy atom. The maximum Gasteiger partial charge on any atom is 0.407 e. The van der Waals surface area contributed by atoms with Gasteiger partial charge >= 0.3 is 6.09 Å². The van der Waals surface area contributed by atoms with Crippen LogP contribution < -0.4 is 10.8 Å². The van der Waals surface area contributed by atoms with Crippen LogP contribution in [0.1, 0.15) is 71.5 Å². The van der Waals surface area contributed by atoms with Gasteiger partial charge in [-0.3, -0.25) is 24.5 Å². The molecule has 0 spiro atoms. The fourth-order valence-corrected chi connectivity index (χ4v) is 8.69. The van der Waals surface area contributed by atoms with E-state index in [0.717, 1.165) is 56.4 Å². The van der Waals surface area contributed by atoms with Crippen LogP contribution in [0.2, 0.25) is 0 Å². The predicted octanol–water partition coefficient (Wildman–Crippen LogP) is 7.85. The molecule has 3 aromatic heterocycles. The third-order valence-electron chi connectivity index (χ3n) is 12.1. The van der Waals surface area contributed by atoms with E-state index in [1.807, 2.05) is 48.6 Å². The number of nitrogens with zero attached hydrogens (tertiary/aromatic N) is 6. The average Bonchev–Trinajstić information content (AvgIpc) is 4.09. The number of aryl methyl sites for hydroxylation is 1. The minimum absolute atomic E-state index is 0. The molecule has 2 fully saturated rings. The molecular weight excluding hydrogens is 815 g/mol. The van der Waals surface area contributed by atoms with Gasteiger partial charge in [0.25, 0.3) is 0 Å². The van der Waals surface area contributed by atoms with E-state index in [2.05, 4.69) is 67.2 Å². The summed E-state index contributed by atoms with van der Waals surface area (Å²) in [4.78, 5) is 49.6. The van der Waals surface area contributed by atoms with Crippen molar-refractivity contribution in [1.29, 1.82) is 0 Å². The van der Waals surface area contributed by atoms with Crippen LogP contribution in [0, 0.1) is 17.7 Å². The summed E-state index contributed by atoms with van der Waals surface area (Å²) < 4.78 is 40.3. The molecule has 2 aliphatic heterocycles. The van der Waals surface area contributed by atoms with Crippen molar-refractivity contribution in [2.45, 2.75) is 97.3 Å². The standard InChI is InChI=1S/C43H56F2N10O4.CH4O.CH2O.4H2/c1-8-54-36-14-12-26(35-23-53(50-35)21-29-10-9-15-52(29)22-34(51-58)24(2)3)16-31(36)38(45)40(54)30-13-11-27(17-32(30)46-6)33-19-47-41(48-33)37-18-28(44)20-55(37)42(56)39(25(4)5)49-43(57)59-7;2*1-2;;;;/h11-14,16-17,19,23-25,28-29,34,37,39,50-51,58H,6,8-10,15,18,20-22H2,1-5,7H3,(H,47,48)(H,49,57);2H,1H3;1H2;4*1H/t28-,29+,34-,37+,39+;;;;;;/m1....../s1. The van der Waals surface area contributed by atoms with Crippen LogP contribution in [0.5, 0.6) is 0 Å². The molecule has 18 heteroatoms. The zero-order valence-corrected chi connectivity index (χ0v) is 37.2. The van der Waals surface area contributed by atoms with E-state index in [1.54, 1.807) is 26.1 Å². The van der Waals surface area contributed by atoms with Gasteiger partial charge in [0.15, 0.2) is 5.82 Å². The highest BCUT2D eigenvalue weighted by molar-refractivity contribution is 5.94. The molecule has 5 aromatic rings. The second-order valence-corrected chi connectivity index (χ2v) is 16.5. The monoisotopic (exact) mass is 885 g/mol. The van der Waals surface area contributed by atoms with E-state index >= 15 is 4.39 Å². The number of aliphatic hydroxyl groups excluding tert-OH is 1. The number of amides is 2. The number of carbonyl (C=O) groups is 3. The first-order valence-corrected chi connectivity index (χ1v) is 21.2. The van der Waals surface area contributed by atoms with Gasteiger partial charge in [-0.25, -0.2) is 24.0 Å². The number of halogens is 2. The fourth-order valence-electron chi connectivity index (χ4n) is 8.69. The first kappa shape index (κ1) is 48.3. The summed E-state index contributed by atoms with van der Waals surface area (Å²) in [6, 6.07) is 10.1. The Hall–Kier alpha value is -5.69. The Morgan fingerprint density at radius 1 is 1.10 bits per heavy atom. The van der Waals surface area contributed by atoms with Crippen LogP contribution >= 0.6 is 0 Å². The number of nitrogens with one attached hydrogen (secondary N) is 4. The summed E-state index contributed by atoms with van der Waals surface area (Å²) in [6.07, 6.45) is 3.95. The number of hydroxylamine groups is 1. The van der Waals surface area contributed by atoms with Gasteiger partial charge in [-0.05, 0) is 69.1 Å². The number of rotatable bonds is 15. The van der Waals surface area contributed by atoms with Crippen LogP contribution in [0.25, 0.3) is 44.7 Å². The third kappa shape index (κ3) is 10.2. The molecule has 7 rings (SSSR count). The maximum absolute atomic E-state index is 16.7. The quantitative estimate of drug-likeness (QED) is 0.0448. The summed E-state index contributed by atoms with van der Waals surface area (Å²) in [6.45, 7) is 18.6. The van der Waals surface area contributed by atoms with E-state index in [0.29, 0.717) is 57.9 Å². The van der Waals surface area contributed by atoms with Crippen LogP contribution in [0.4, 0.5) is 19.3 Å². The molecule has 16 nitrogen and oxygen atoms in total. The van der Waals surface area contributed by atoms with E-state index in [-0.39, 0.29) is 36.4 Å². The van der Waals surface area contributed by atoms with Crippen molar-refractivity contribution in [2.75, 3.05) is 33.9 Å². The molecule has 350 valence electrons. The predicted molar refractivity (Wildman–Crippen MR) is 248 cm³/mol. The number of likely N-dealkylation sites (tertiary alicyclic amines) is 2. The average molecular weight is 885 g/mol. The lowest BCUT2D eigenvalue weighted by Crippen LogP contribution is -2.51. The molecule has 0 saturated carbocycles. The smallest absolute Gasteiger partial charge is 0.407 e. The molecule has 2 aliphatic rings. The SMILES string of the molecule is C=Nc1cc(-c2cnc([C@@H]3C[C@@H](F)CN3C(=O)[C@@H](NC(=O)OC)C(C)C)[nH]2)ccc1-c1c(F)c2cc(-c3cn(C[C@@H]4CCCN4C[C@@H](NO)C(C)C)[nH]3)ccc2n1CC.C=O.CO.[HH].[HH].[HH].[HH]. The number of fused-ring (bicyclic) bond motifs is 1. The topological polar surface area (TPSA) is 198 Å². The van der Waals surface area contributed by atoms with Gasteiger partial charge in [-0.15, -0.1) is 0 Å². The zero-order chi connectivity index (χ0) is 46.1. The Morgan fingerprint density at radius 3 is 2.43 bits per heavy atom. The fraction of sp³-hybridized carbons (Fsp3) is 0.489. The summed E-state index contributed by atoms with van der Waals surface area (Å²) in [5, 5.41) is 23.2. The van der Waals surface area contributed by atoms with Crippen molar-refractivity contribution < 1.29 is 43.9 Å². The van der Waals surface area contributed by atoms with Crippen molar-refractivity contribution in [3.05, 3.63) is 60.4 Å². The van der Waals surface area contributed by atoms with Gasteiger partial charge in [-0.2, -0.15) is 0 Å². The molecule has 0 unspecified atom stereocenters. The minimum Gasteiger partial charge on any atom is -0.453 e. The molecule has 0 radical (unpaired) electrons. The number of carbonyl (C=O) groups excluding carboxylic acids is 3. The molecule has 0 aliphatic carbocycles. The first-order valence-electron chi connectivity index (χ1n) is 21.2. The number of H-pyrrole nitrogens is 2. The molecular formula is C45H70F2N10O6. The normalized spacial score (nSPS) is 18.6. The molecule has 63 heavy (non-hydrogen) atoms. The van der Waals surface area contributed by atoms with Crippen molar-refractivity contribution in [1.82, 2.24) is 44.9 Å². The van der Waals surface area contributed by atoms with Crippen LogP contribution in [0.15, 0.2) is 53.8 Å². The number of benzene rings is 2. The highest BCUT2D eigenvalue weighted by atomic mass is 19.1. The summed E-state index contributed by atoms with van der Waals surface area (Å²) in [7, 11) is 2.22. The Balaban J connectivity index is 0.00000273. The number of aliphatic imine (C=N–C) groups is 1. The van der Waals surface area contributed by atoms with E-state index in [4.69, 9.17) is 14.6 Å². The van der Waals surface area contributed by atoms with Gasteiger partial charge in [0.05, 0.1) is 60.7 Å². The van der Waals surface area contributed by atoms with E-state index < -0.39 is 30.3 Å². The third-order valence-corrected chi connectivity index (χ3v) is 12.1. The van der Waals surface area contributed by atoms with Gasteiger partial charge in [0, 0.05) is 72.7 Å². The number of methoxy groups -OCH3 is 1. The van der Waals surface area contributed by atoms with E-state index in [9.17, 15) is 19.2 Å². The molecule has 5 atom stereocenters. The molecule has 6 N–H and O–H groups in total. The van der Waals surface area contributed by atoms with Gasteiger partial charge < -0.3 is 39.6 Å². The largest absolute Gasteiger partial charge is 0.453 e. The van der Waals surface area contributed by atoms with Gasteiger partial charge in [0.1, 0.15) is 24.8 Å². The van der Waals surface area contributed by atoms with Crippen LogP contribution in [0.3, 0.4) is 0 Å². The van der Waals surface area contributed by atoms with Crippen LogP contribution in [-0.4, -0.2) is 128 Å². The number of ether oxygens (including phenoxy) is 1. The van der Waals surface area contributed by atoms with Crippen molar-refractivity contribution in [2.24, 2.45) is 16.8 Å². The lowest BCUT2D eigenvalue weighted by atomic mass is 10.0. The zero-order valence-electron chi connectivity index (χ0n) is 37.2. The highest BCUT2D eigenvalue weighted by Gasteiger charge is 2.42.